The predicted molar refractivity (Wildman–Crippen MR) is 96.7 cm³/mol. The van der Waals surface area contributed by atoms with Gasteiger partial charge in [-0.3, -0.25) is 9.59 Å². The molecular weight excluding hydrogens is 372 g/mol. The van der Waals surface area contributed by atoms with E-state index in [1.54, 1.807) is 24.3 Å². The van der Waals surface area contributed by atoms with Crippen LogP contribution in [0.15, 0.2) is 40.9 Å². The lowest BCUT2D eigenvalue weighted by molar-refractivity contribution is -0.119. The Kier molecular flexibility index (Phi) is 4.09. The highest BCUT2D eigenvalue weighted by molar-refractivity contribution is 9.10. The van der Waals surface area contributed by atoms with Gasteiger partial charge in [-0.25, -0.2) is 0 Å². The summed E-state index contributed by atoms with van der Waals surface area (Å²) in [6.45, 7) is 3.72. The highest BCUT2D eigenvalue weighted by Crippen LogP contribution is 2.38. The van der Waals surface area contributed by atoms with Crippen molar-refractivity contribution in [1.29, 1.82) is 0 Å². The van der Waals surface area contributed by atoms with E-state index in [0.717, 1.165) is 15.7 Å². The molecule has 0 radical (unpaired) electrons. The van der Waals surface area contributed by atoms with Gasteiger partial charge in [-0.2, -0.15) is 0 Å². The van der Waals surface area contributed by atoms with Crippen molar-refractivity contribution in [3.05, 3.63) is 52.0 Å². The second-order valence-electron chi connectivity index (χ2n) is 6.14. The van der Waals surface area contributed by atoms with E-state index in [9.17, 15) is 9.59 Å². The van der Waals surface area contributed by atoms with Gasteiger partial charge in [0.25, 0.3) is 5.91 Å². The van der Waals surface area contributed by atoms with E-state index in [4.69, 9.17) is 4.74 Å². The molecule has 2 aromatic rings. The highest BCUT2D eigenvalue weighted by atomic mass is 79.9. The average molecular weight is 389 g/mol. The van der Waals surface area contributed by atoms with Crippen LogP contribution < -0.4 is 15.4 Å². The van der Waals surface area contributed by atoms with Crippen LogP contribution in [0.5, 0.6) is 5.75 Å². The maximum Gasteiger partial charge on any atom is 0.259 e. The van der Waals surface area contributed by atoms with Crippen LogP contribution in [0.25, 0.3) is 0 Å². The minimum atomic E-state index is -0.621. The SMILES string of the molecule is COc1ccc(Br)cc1C(=O)Nc1ccc2c(c1)C(C)(C)C(=O)N2. The topological polar surface area (TPSA) is 67.4 Å². The summed E-state index contributed by atoms with van der Waals surface area (Å²) < 4.78 is 6.03. The quantitative estimate of drug-likeness (QED) is 0.836. The van der Waals surface area contributed by atoms with Crippen molar-refractivity contribution < 1.29 is 14.3 Å². The third kappa shape index (κ3) is 2.78. The van der Waals surface area contributed by atoms with Gasteiger partial charge < -0.3 is 15.4 Å². The fourth-order valence-corrected chi connectivity index (χ4v) is 3.07. The fourth-order valence-electron chi connectivity index (χ4n) is 2.71. The van der Waals surface area contributed by atoms with Crippen LogP contribution in [0.1, 0.15) is 29.8 Å². The molecule has 124 valence electrons. The van der Waals surface area contributed by atoms with E-state index in [0.29, 0.717) is 17.0 Å². The summed E-state index contributed by atoms with van der Waals surface area (Å²) in [4.78, 5) is 24.6. The number of hydrogen-bond donors (Lipinski definition) is 2. The van der Waals surface area contributed by atoms with E-state index >= 15 is 0 Å². The van der Waals surface area contributed by atoms with E-state index in [2.05, 4.69) is 26.6 Å². The van der Waals surface area contributed by atoms with Crippen molar-refractivity contribution in [2.24, 2.45) is 0 Å². The van der Waals surface area contributed by atoms with Gasteiger partial charge in [0.2, 0.25) is 5.91 Å². The Hall–Kier alpha value is -2.34. The Morgan fingerprint density at radius 2 is 1.96 bits per heavy atom. The zero-order valence-electron chi connectivity index (χ0n) is 13.6. The Balaban J connectivity index is 1.91. The molecule has 1 aliphatic rings. The van der Waals surface area contributed by atoms with Gasteiger partial charge in [0.15, 0.2) is 0 Å². The van der Waals surface area contributed by atoms with E-state index in [1.165, 1.54) is 7.11 Å². The maximum atomic E-state index is 12.6. The van der Waals surface area contributed by atoms with Gasteiger partial charge in [-0.05, 0) is 55.8 Å². The molecule has 0 unspecified atom stereocenters. The first kappa shape index (κ1) is 16.5. The lowest BCUT2D eigenvalue weighted by Gasteiger charge is -2.16. The number of methoxy groups -OCH3 is 1. The van der Waals surface area contributed by atoms with Crippen molar-refractivity contribution >= 4 is 39.1 Å². The molecule has 1 heterocycles. The van der Waals surface area contributed by atoms with Gasteiger partial charge in [-0.1, -0.05) is 15.9 Å². The van der Waals surface area contributed by atoms with Crippen molar-refractivity contribution in [3.8, 4) is 5.75 Å². The zero-order chi connectivity index (χ0) is 17.5. The second kappa shape index (κ2) is 5.94. The summed E-state index contributed by atoms with van der Waals surface area (Å²) in [6.07, 6.45) is 0. The number of anilines is 2. The van der Waals surface area contributed by atoms with E-state index in [-0.39, 0.29) is 11.8 Å². The van der Waals surface area contributed by atoms with Crippen molar-refractivity contribution in [2.75, 3.05) is 17.7 Å². The molecule has 0 aromatic heterocycles. The van der Waals surface area contributed by atoms with E-state index in [1.807, 2.05) is 26.0 Å². The monoisotopic (exact) mass is 388 g/mol. The molecule has 6 heteroatoms. The molecule has 5 nitrogen and oxygen atoms in total. The molecule has 2 N–H and O–H groups in total. The summed E-state index contributed by atoms with van der Waals surface area (Å²) in [7, 11) is 1.52. The van der Waals surface area contributed by atoms with Gasteiger partial charge in [0.05, 0.1) is 18.1 Å². The predicted octanol–water partition coefficient (Wildman–Crippen LogP) is 3.94. The van der Waals surface area contributed by atoms with Crippen LogP contribution in [-0.2, 0) is 10.2 Å². The van der Waals surface area contributed by atoms with Crippen LogP contribution in [0.3, 0.4) is 0 Å². The van der Waals surface area contributed by atoms with Crippen LogP contribution in [0, 0.1) is 0 Å². The molecule has 0 saturated carbocycles. The maximum absolute atomic E-state index is 12.6. The molecule has 2 amide bonds. The van der Waals surface area contributed by atoms with Gasteiger partial charge >= 0.3 is 0 Å². The summed E-state index contributed by atoms with van der Waals surface area (Å²) in [5, 5.41) is 5.71. The molecule has 0 fully saturated rings. The number of halogens is 1. The van der Waals surface area contributed by atoms with Crippen molar-refractivity contribution in [2.45, 2.75) is 19.3 Å². The molecule has 0 aliphatic carbocycles. The molecule has 1 aliphatic heterocycles. The first-order chi connectivity index (χ1) is 11.3. The number of amides is 2. The van der Waals surface area contributed by atoms with Crippen LogP contribution in [0.2, 0.25) is 0 Å². The summed E-state index contributed by atoms with van der Waals surface area (Å²) >= 11 is 3.36. The lowest BCUT2D eigenvalue weighted by Crippen LogP contribution is -2.26. The number of nitrogens with one attached hydrogen (secondary N) is 2. The molecule has 24 heavy (non-hydrogen) atoms. The van der Waals surface area contributed by atoms with Gasteiger partial charge in [0.1, 0.15) is 5.75 Å². The Bertz CT molecular complexity index is 846. The molecule has 0 saturated heterocycles. The molecule has 0 spiro atoms. The molecule has 0 bridgehead atoms. The number of benzene rings is 2. The number of carbonyl (C=O) groups excluding carboxylic acids is 2. The van der Waals surface area contributed by atoms with Crippen molar-refractivity contribution in [3.63, 3.8) is 0 Å². The minimum Gasteiger partial charge on any atom is -0.496 e. The number of fused-ring (bicyclic) bond motifs is 1. The number of hydrogen-bond acceptors (Lipinski definition) is 3. The fraction of sp³-hybridized carbons (Fsp3) is 0.222. The second-order valence-corrected chi connectivity index (χ2v) is 7.05. The summed E-state index contributed by atoms with van der Waals surface area (Å²) in [6, 6.07) is 10.6. The minimum absolute atomic E-state index is 0.0466. The molecule has 2 aromatic carbocycles. The molecule has 0 atom stereocenters. The Labute approximate surface area is 148 Å². The third-order valence-corrected chi connectivity index (χ3v) is 4.67. The Morgan fingerprint density at radius 3 is 2.67 bits per heavy atom. The highest BCUT2D eigenvalue weighted by Gasteiger charge is 2.38. The lowest BCUT2D eigenvalue weighted by atomic mass is 9.86. The Morgan fingerprint density at radius 1 is 1.21 bits per heavy atom. The smallest absolute Gasteiger partial charge is 0.259 e. The first-order valence-corrected chi connectivity index (χ1v) is 8.23. The van der Waals surface area contributed by atoms with Gasteiger partial charge in [-0.15, -0.1) is 0 Å². The molecular formula is C18H17BrN2O3. The van der Waals surface area contributed by atoms with Crippen molar-refractivity contribution in [1.82, 2.24) is 0 Å². The molecule has 3 rings (SSSR count). The van der Waals surface area contributed by atoms with Gasteiger partial charge in [0, 0.05) is 15.8 Å². The van der Waals surface area contributed by atoms with E-state index < -0.39 is 5.41 Å². The standard InChI is InChI=1S/C18H17BrN2O3/c1-18(2)13-9-11(5-6-14(13)21-17(18)23)20-16(22)12-8-10(19)4-7-15(12)24-3/h4-9H,1-3H3,(H,20,22)(H,21,23). The van der Waals surface area contributed by atoms with Crippen LogP contribution in [-0.4, -0.2) is 18.9 Å². The number of rotatable bonds is 3. The average Bonchev–Trinajstić information content (AvgIpc) is 2.77. The summed E-state index contributed by atoms with van der Waals surface area (Å²) in [5.41, 5.74) is 2.09. The number of ether oxygens (including phenoxy) is 1. The van der Waals surface area contributed by atoms with Crippen LogP contribution in [0.4, 0.5) is 11.4 Å². The number of carbonyl (C=O) groups is 2. The van der Waals surface area contributed by atoms with Crippen LogP contribution >= 0.6 is 15.9 Å². The zero-order valence-corrected chi connectivity index (χ0v) is 15.2. The first-order valence-electron chi connectivity index (χ1n) is 7.44. The third-order valence-electron chi connectivity index (χ3n) is 4.17. The summed E-state index contributed by atoms with van der Waals surface area (Å²) in [5.74, 6) is 0.173. The largest absolute Gasteiger partial charge is 0.496 e. The normalized spacial score (nSPS) is 14.8.